The number of nitrogens with one attached hydrogen (secondary N) is 1. The number of benzene rings is 1. The van der Waals surface area contributed by atoms with Gasteiger partial charge in [0.2, 0.25) is 10.0 Å². The van der Waals surface area contributed by atoms with Crippen LogP contribution in [-0.4, -0.2) is 25.5 Å². The highest BCUT2D eigenvalue weighted by atomic mass is 79.9. The van der Waals surface area contributed by atoms with Crippen molar-refractivity contribution < 1.29 is 18.3 Å². The Kier molecular flexibility index (Phi) is 4.31. The molecule has 1 aromatic rings. The molecule has 0 aromatic heterocycles. The minimum Gasteiger partial charge on any atom is -0.478 e. The number of halogens is 1. The van der Waals surface area contributed by atoms with Crippen LogP contribution in [0.2, 0.25) is 0 Å². The molecule has 2 rings (SSSR count). The predicted octanol–water partition coefficient (Wildman–Crippen LogP) is 2.45. The maximum atomic E-state index is 12.4. The average Bonchev–Trinajstić information content (AvgIpc) is 2.83. The number of carboxylic acid groups (broad SMARTS) is 1. The van der Waals surface area contributed by atoms with Gasteiger partial charge in [0.1, 0.15) is 0 Å². The topological polar surface area (TPSA) is 83.5 Å². The van der Waals surface area contributed by atoms with Crippen LogP contribution in [0, 0.1) is 6.92 Å². The smallest absolute Gasteiger partial charge is 0.335 e. The molecule has 0 aliphatic heterocycles. The lowest BCUT2D eigenvalue weighted by atomic mass is 10.1. The van der Waals surface area contributed by atoms with Crippen molar-refractivity contribution >= 4 is 31.9 Å². The fraction of sp³-hybridized carbons (Fsp3) is 0.308. The Labute approximate surface area is 125 Å². The van der Waals surface area contributed by atoms with Crippen LogP contribution < -0.4 is 4.72 Å². The Bertz CT molecular complexity index is 674. The van der Waals surface area contributed by atoms with Gasteiger partial charge in [-0.15, -0.1) is 0 Å². The fourth-order valence-electron chi connectivity index (χ4n) is 2.05. The van der Waals surface area contributed by atoms with Gasteiger partial charge in [-0.25, -0.2) is 17.9 Å². The fourth-order valence-corrected chi connectivity index (χ4v) is 4.36. The van der Waals surface area contributed by atoms with Gasteiger partial charge in [-0.05, 0) is 53.4 Å². The standard InChI is InChI=1S/C13H14BrNO4S/c1-8-6-9(13(16)17)7-11(12(8)14)20(18,19)15-10-4-2-3-5-10/h2-3,6-7,10,15H,4-5H2,1H3,(H,16,17). The first-order valence-electron chi connectivity index (χ1n) is 6.02. The van der Waals surface area contributed by atoms with E-state index in [1.54, 1.807) is 6.92 Å². The Hall–Kier alpha value is -1.18. The summed E-state index contributed by atoms with van der Waals surface area (Å²) < 4.78 is 27.7. The van der Waals surface area contributed by atoms with Crippen molar-refractivity contribution in [2.24, 2.45) is 0 Å². The SMILES string of the molecule is Cc1cc(C(=O)O)cc(S(=O)(=O)NC2CC=CC2)c1Br. The molecule has 0 heterocycles. The van der Waals surface area contributed by atoms with E-state index in [0.717, 1.165) is 0 Å². The maximum absolute atomic E-state index is 12.4. The van der Waals surface area contributed by atoms with E-state index in [-0.39, 0.29) is 16.5 Å². The highest BCUT2D eigenvalue weighted by Crippen LogP contribution is 2.28. The number of aromatic carboxylic acids is 1. The molecule has 0 bridgehead atoms. The van der Waals surface area contributed by atoms with Gasteiger partial charge >= 0.3 is 5.97 Å². The zero-order valence-corrected chi connectivity index (χ0v) is 13.2. The minimum atomic E-state index is -3.75. The monoisotopic (exact) mass is 359 g/mol. The van der Waals surface area contributed by atoms with E-state index in [4.69, 9.17) is 5.11 Å². The molecule has 0 saturated heterocycles. The summed E-state index contributed by atoms with van der Waals surface area (Å²) in [7, 11) is -3.75. The summed E-state index contributed by atoms with van der Waals surface area (Å²) in [6, 6.07) is 2.44. The molecule has 0 unspecified atom stereocenters. The quantitative estimate of drug-likeness (QED) is 0.808. The van der Waals surface area contributed by atoms with Crippen LogP contribution in [0.3, 0.4) is 0 Å². The zero-order chi connectivity index (χ0) is 14.9. The lowest BCUT2D eigenvalue weighted by Crippen LogP contribution is -2.33. The van der Waals surface area contributed by atoms with Crippen LogP contribution in [0.25, 0.3) is 0 Å². The van der Waals surface area contributed by atoms with Crippen LogP contribution >= 0.6 is 15.9 Å². The van der Waals surface area contributed by atoms with E-state index in [2.05, 4.69) is 20.7 Å². The van der Waals surface area contributed by atoms with Gasteiger partial charge < -0.3 is 5.11 Å². The second-order valence-corrected chi connectivity index (χ2v) is 7.15. The van der Waals surface area contributed by atoms with Crippen molar-refractivity contribution in [3.63, 3.8) is 0 Å². The van der Waals surface area contributed by atoms with Crippen molar-refractivity contribution in [2.75, 3.05) is 0 Å². The highest BCUT2D eigenvalue weighted by Gasteiger charge is 2.25. The van der Waals surface area contributed by atoms with Gasteiger partial charge in [0, 0.05) is 10.5 Å². The molecule has 5 nitrogen and oxygen atoms in total. The van der Waals surface area contributed by atoms with Gasteiger partial charge in [0.05, 0.1) is 10.5 Å². The van der Waals surface area contributed by atoms with Gasteiger partial charge in [-0.1, -0.05) is 12.2 Å². The van der Waals surface area contributed by atoms with E-state index in [1.165, 1.54) is 12.1 Å². The molecular weight excluding hydrogens is 346 g/mol. The molecule has 0 atom stereocenters. The molecule has 1 aromatic carbocycles. The molecule has 0 saturated carbocycles. The van der Waals surface area contributed by atoms with E-state index < -0.39 is 16.0 Å². The number of carbonyl (C=O) groups is 1. The molecule has 20 heavy (non-hydrogen) atoms. The first-order chi connectivity index (χ1) is 9.31. The summed E-state index contributed by atoms with van der Waals surface area (Å²) in [5, 5.41) is 9.03. The Morgan fingerprint density at radius 2 is 1.95 bits per heavy atom. The van der Waals surface area contributed by atoms with Crippen LogP contribution in [-0.2, 0) is 10.0 Å². The third-order valence-corrected chi connectivity index (χ3v) is 5.95. The second-order valence-electron chi connectivity index (χ2n) is 4.67. The normalized spacial score (nSPS) is 15.7. The molecule has 0 fully saturated rings. The number of hydrogen-bond donors (Lipinski definition) is 2. The molecule has 1 aliphatic carbocycles. The molecule has 2 N–H and O–H groups in total. The molecular formula is C13H14BrNO4S. The van der Waals surface area contributed by atoms with Crippen molar-refractivity contribution in [1.82, 2.24) is 4.72 Å². The molecule has 0 radical (unpaired) electrons. The van der Waals surface area contributed by atoms with Crippen LogP contribution in [0.5, 0.6) is 0 Å². The molecule has 0 amide bonds. The minimum absolute atomic E-state index is 0.0400. The number of aryl methyl sites for hydroxylation is 1. The van der Waals surface area contributed by atoms with Crippen LogP contribution in [0.1, 0.15) is 28.8 Å². The lowest BCUT2D eigenvalue weighted by molar-refractivity contribution is 0.0696. The summed E-state index contributed by atoms with van der Waals surface area (Å²) in [5.41, 5.74) is 0.519. The van der Waals surface area contributed by atoms with E-state index in [9.17, 15) is 13.2 Å². The number of carboxylic acids is 1. The summed E-state index contributed by atoms with van der Waals surface area (Å²) in [4.78, 5) is 11.0. The Balaban J connectivity index is 2.42. The maximum Gasteiger partial charge on any atom is 0.335 e. The number of rotatable bonds is 4. The lowest BCUT2D eigenvalue weighted by Gasteiger charge is -2.15. The van der Waals surface area contributed by atoms with Gasteiger partial charge in [0.25, 0.3) is 0 Å². The highest BCUT2D eigenvalue weighted by molar-refractivity contribution is 9.10. The van der Waals surface area contributed by atoms with E-state index in [1.807, 2.05) is 12.2 Å². The number of hydrogen-bond acceptors (Lipinski definition) is 3. The van der Waals surface area contributed by atoms with Crippen molar-refractivity contribution in [2.45, 2.75) is 30.7 Å². The van der Waals surface area contributed by atoms with Gasteiger partial charge in [-0.3, -0.25) is 0 Å². The number of sulfonamides is 1. The molecule has 108 valence electrons. The third-order valence-electron chi connectivity index (χ3n) is 3.09. The summed E-state index contributed by atoms with van der Waals surface area (Å²) in [5.74, 6) is -1.15. The van der Waals surface area contributed by atoms with Crippen molar-refractivity contribution in [1.29, 1.82) is 0 Å². The molecule has 7 heteroatoms. The van der Waals surface area contributed by atoms with Crippen LogP contribution in [0.15, 0.2) is 33.7 Å². The van der Waals surface area contributed by atoms with E-state index >= 15 is 0 Å². The third kappa shape index (κ3) is 3.11. The van der Waals surface area contributed by atoms with Gasteiger partial charge in [0.15, 0.2) is 0 Å². The summed E-state index contributed by atoms with van der Waals surface area (Å²) in [6.07, 6.45) is 5.13. The summed E-state index contributed by atoms with van der Waals surface area (Å²) >= 11 is 3.22. The van der Waals surface area contributed by atoms with Crippen molar-refractivity contribution in [3.05, 3.63) is 39.9 Å². The van der Waals surface area contributed by atoms with E-state index in [0.29, 0.717) is 22.9 Å². The first kappa shape index (κ1) is 15.2. The average molecular weight is 360 g/mol. The van der Waals surface area contributed by atoms with Gasteiger partial charge in [-0.2, -0.15) is 0 Å². The zero-order valence-electron chi connectivity index (χ0n) is 10.8. The van der Waals surface area contributed by atoms with Crippen molar-refractivity contribution in [3.8, 4) is 0 Å². The first-order valence-corrected chi connectivity index (χ1v) is 8.29. The van der Waals surface area contributed by atoms with Crippen LogP contribution in [0.4, 0.5) is 0 Å². The second kappa shape index (κ2) is 5.67. The predicted molar refractivity (Wildman–Crippen MR) is 78.3 cm³/mol. The largest absolute Gasteiger partial charge is 0.478 e. The molecule has 1 aliphatic rings. The Morgan fingerprint density at radius 3 is 2.50 bits per heavy atom. The molecule has 0 spiro atoms. The summed E-state index contributed by atoms with van der Waals surface area (Å²) in [6.45, 7) is 1.66. The Morgan fingerprint density at radius 1 is 1.35 bits per heavy atom.